The molecule has 1 aliphatic heterocycles. The molecule has 0 radical (unpaired) electrons. The van der Waals surface area contributed by atoms with Crippen LogP contribution in [0.25, 0.3) is 0 Å². The van der Waals surface area contributed by atoms with Crippen molar-refractivity contribution >= 4 is 44.5 Å². The monoisotopic (exact) mass is 290 g/mol. The molecule has 1 heterocycles. The number of halogens is 1. The molecule has 1 aliphatic rings. The van der Waals surface area contributed by atoms with Crippen LogP contribution in [0.5, 0.6) is 0 Å². The van der Waals surface area contributed by atoms with Crippen molar-refractivity contribution in [2.75, 3.05) is 5.75 Å². The zero-order valence-electron chi connectivity index (χ0n) is 8.38. The number of benzene rings is 1. The van der Waals surface area contributed by atoms with Gasteiger partial charge in [0.05, 0.1) is 10.6 Å². The van der Waals surface area contributed by atoms with Gasteiger partial charge < -0.3 is 5.32 Å². The van der Waals surface area contributed by atoms with E-state index in [0.717, 1.165) is 11.8 Å². The van der Waals surface area contributed by atoms with Crippen LogP contribution in [-0.2, 0) is 14.8 Å². The second-order valence-electron chi connectivity index (χ2n) is 3.16. The lowest BCUT2D eigenvalue weighted by atomic mass is 10.4. The minimum absolute atomic E-state index is 0.0381. The second kappa shape index (κ2) is 4.67. The minimum Gasteiger partial charge on any atom is -0.304 e. The Morgan fingerprint density at radius 3 is 2.47 bits per heavy atom. The Hall–Kier alpha value is -1.05. The number of nitrogens with zero attached hydrogens (tertiary/aromatic N) is 1. The third-order valence-electron chi connectivity index (χ3n) is 1.90. The van der Waals surface area contributed by atoms with Crippen LogP contribution in [0, 0.1) is 0 Å². The van der Waals surface area contributed by atoms with Gasteiger partial charge >= 0.3 is 0 Å². The Kier molecular flexibility index (Phi) is 3.41. The fourth-order valence-electron chi connectivity index (χ4n) is 1.14. The van der Waals surface area contributed by atoms with Gasteiger partial charge in [0.15, 0.2) is 5.17 Å². The number of thioether (sulfide) groups is 1. The van der Waals surface area contributed by atoms with Gasteiger partial charge in [0.2, 0.25) is 5.91 Å². The molecule has 5 nitrogen and oxygen atoms in total. The molecule has 8 heteroatoms. The maximum absolute atomic E-state index is 11.8. The molecular weight excluding hydrogens is 284 g/mol. The standard InChI is InChI=1S/C9H7ClN2O3S2/c10-6-1-3-7(4-2-6)17(14,15)12-9-11-8(13)5-16-9/h1-4H,5H2,(H,11,12,13). The molecule has 90 valence electrons. The maximum atomic E-state index is 11.8. The molecule has 1 amide bonds. The Morgan fingerprint density at radius 1 is 1.29 bits per heavy atom. The first-order chi connectivity index (χ1) is 7.97. The number of hydrogen-bond acceptors (Lipinski definition) is 4. The van der Waals surface area contributed by atoms with Gasteiger partial charge in [0, 0.05) is 5.02 Å². The maximum Gasteiger partial charge on any atom is 0.284 e. The highest BCUT2D eigenvalue weighted by atomic mass is 35.5. The average molecular weight is 291 g/mol. The molecule has 0 bridgehead atoms. The predicted molar refractivity (Wildman–Crippen MR) is 66.7 cm³/mol. The first-order valence-electron chi connectivity index (χ1n) is 4.50. The molecule has 0 saturated carbocycles. The molecule has 0 atom stereocenters. The van der Waals surface area contributed by atoms with Gasteiger partial charge in [-0.05, 0) is 24.3 Å². The normalized spacial score (nSPS) is 18.4. The van der Waals surface area contributed by atoms with Crippen LogP contribution in [-0.4, -0.2) is 25.2 Å². The smallest absolute Gasteiger partial charge is 0.284 e. The Balaban J connectivity index is 2.31. The summed E-state index contributed by atoms with van der Waals surface area (Å²) in [5.74, 6) is -0.0605. The van der Waals surface area contributed by atoms with Gasteiger partial charge in [-0.3, -0.25) is 4.79 Å². The number of sulfonamides is 1. The fraction of sp³-hybridized carbons (Fsp3) is 0.111. The summed E-state index contributed by atoms with van der Waals surface area (Å²) in [6.45, 7) is 0. The Labute approximate surface area is 107 Å². The molecule has 1 saturated heterocycles. The van der Waals surface area contributed by atoms with Gasteiger partial charge in [-0.2, -0.15) is 8.42 Å². The Morgan fingerprint density at radius 2 is 1.94 bits per heavy atom. The summed E-state index contributed by atoms with van der Waals surface area (Å²) >= 11 is 6.72. The molecule has 0 spiro atoms. The summed E-state index contributed by atoms with van der Waals surface area (Å²) in [4.78, 5) is 10.9. The van der Waals surface area contributed by atoms with E-state index in [4.69, 9.17) is 11.6 Å². The van der Waals surface area contributed by atoms with E-state index < -0.39 is 10.0 Å². The molecule has 1 N–H and O–H groups in total. The second-order valence-corrected chi connectivity index (χ2v) is 6.17. The van der Waals surface area contributed by atoms with Crippen molar-refractivity contribution in [3.8, 4) is 0 Å². The molecule has 1 aromatic carbocycles. The van der Waals surface area contributed by atoms with E-state index in [9.17, 15) is 13.2 Å². The zero-order chi connectivity index (χ0) is 12.5. The highest BCUT2D eigenvalue weighted by Gasteiger charge is 2.21. The number of amides is 1. The van der Waals surface area contributed by atoms with E-state index in [1.165, 1.54) is 24.3 Å². The van der Waals surface area contributed by atoms with Crippen LogP contribution in [0.1, 0.15) is 0 Å². The van der Waals surface area contributed by atoms with Crippen molar-refractivity contribution < 1.29 is 13.2 Å². The average Bonchev–Trinajstić information content (AvgIpc) is 2.63. The van der Waals surface area contributed by atoms with Crippen molar-refractivity contribution in [3.63, 3.8) is 0 Å². The number of hydrogen-bond donors (Lipinski definition) is 1. The highest BCUT2D eigenvalue weighted by molar-refractivity contribution is 8.15. The van der Waals surface area contributed by atoms with Gasteiger partial charge in [0.1, 0.15) is 0 Å². The van der Waals surface area contributed by atoms with E-state index >= 15 is 0 Å². The van der Waals surface area contributed by atoms with Crippen molar-refractivity contribution in [1.29, 1.82) is 0 Å². The van der Waals surface area contributed by atoms with Gasteiger partial charge in [0.25, 0.3) is 10.0 Å². The van der Waals surface area contributed by atoms with Crippen molar-refractivity contribution in [3.05, 3.63) is 29.3 Å². The van der Waals surface area contributed by atoms with Crippen molar-refractivity contribution in [2.24, 2.45) is 4.40 Å². The van der Waals surface area contributed by atoms with Gasteiger partial charge in [-0.25, -0.2) is 0 Å². The number of carbonyl (C=O) groups excluding carboxylic acids is 1. The fourth-order valence-corrected chi connectivity index (χ4v) is 3.15. The predicted octanol–water partition coefficient (Wildman–Crippen LogP) is 1.25. The molecule has 1 fully saturated rings. The molecule has 0 aromatic heterocycles. The largest absolute Gasteiger partial charge is 0.304 e. The van der Waals surface area contributed by atoms with E-state index in [1.807, 2.05) is 0 Å². The lowest BCUT2D eigenvalue weighted by Crippen LogP contribution is -2.21. The molecular formula is C9H7ClN2O3S2. The topological polar surface area (TPSA) is 75.6 Å². The first-order valence-corrected chi connectivity index (χ1v) is 7.31. The lowest BCUT2D eigenvalue weighted by Gasteiger charge is -2.00. The van der Waals surface area contributed by atoms with Crippen LogP contribution in [0.4, 0.5) is 0 Å². The van der Waals surface area contributed by atoms with E-state index in [1.54, 1.807) is 0 Å². The van der Waals surface area contributed by atoms with E-state index in [0.29, 0.717) is 5.02 Å². The SMILES string of the molecule is O=C1CSC(=NS(=O)(=O)c2ccc(Cl)cc2)N1. The van der Waals surface area contributed by atoms with Crippen LogP contribution >= 0.6 is 23.4 Å². The molecule has 1 aromatic rings. The lowest BCUT2D eigenvalue weighted by molar-refractivity contribution is -0.116. The van der Waals surface area contributed by atoms with Crippen molar-refractivity contribution in [2.45, 2.75) is 4.90 Å². The summed E-state index contributed by atoms with van der Waals surface area (Å²) < 4.78 is 27.2. The first kappa shape index (κ1) is 12.4. The third kappa shape index (κ3) is 2.99. The number of carbonyl (C=O) groups is 1. The summed E-state index contributed by atoms with van der Waals surface area (Å²) in [5, 5.41) is 2.91. The molecule has 0 aliphatic carbocycles. The number of amidine groups is 1. The molecule has 17 heavy (non-hydrogen) atoms. The summed E-state index contributed by atoms with van der Waals surface area (Å²) in [6, 6.07) is 5.66. The summed E-state index contributed by atoms with van der Waals surface area (Å²) in [7, 11) is -3.79. The number of nitrogens with one attached hydrogen (secondary N) is 1. The van der Waals surface area contributed by atoms with Crippen LogP contribution in [0.2, 0.25) is 5.02 Å². The summed E-state index contributed by atoms with van der Waals surface area (Å²) in [5.41, 5.74) is 0. The minimum atomic E-state index is -3.79. The highest BCUT2D eigenvalue weighted by Crippen LogP contribution is 2.18. The van der Waals surface area contributed by atoms with Crippen LogP contribution in [0.3, 0.4) is 0 Å². The van der Waals surface area contributed by atoms with Crippen molar-refractivity contribution in [1.82, 2.24) is 5.32 Å². The van der Waals surface area contributed by atoms with E-state index in [-0.39, 0.29) is 21.7 Å². The Bertz CT molecular complexity index is 581. The van der Waals surface area contributed by atoms with E-state index in [2.05, 4.69) is 9.71 Å². The van der Waals surface area contributed by atoms with Crippen LogP contribution in [0.15, 0.2) is 33.6 Å². The molecule has 0 unspecified atom stereocenters. The molecule has 2 rings (SSSR count). The number of rotatable bonds is 2. The third-order valence-corrected chi connectivity index (χ3v) is 4.43. The summed E-state index contributed by atoms with van der Waals surface area (Å²) in [6.07, 6.45) is 0. The zero-order valence-corrected chi connectivity index (χ0v) is 10.8. The van der Waals surface area contributed by atoms with Gasteiger partial charge in [-0.1, -0.05) is 23.4 Å². The quantitative estimate of drug-likeness (QED) is 0.889. The van der Waals surface area contributed by atoms with Crippen LogP contribution < -0.4 is 5.32 Å². The van der Waals surface area contributed by atoms with Gasteiger partial charge in [-0.15, -0.1) is 4.40 Å².